The van der Waals surface area contributed by atoms with E-state index in [1.807, 2.05) is 0 Å². The van der Waals surface area contributed by atoms with Crippen LogP contribution in [0, 0.1) is 11.6 Å². The molecule has 0 amide bonds. The molecular formula is C20H14F2O5. The summed E-state index contributed by atoms with van der Waals surface area (Å²) >= 11 is 0. The summed E-state index contributed by atoms with van der Waals surface area (Å²) in [5.41, 5.74) is -0.183. The van der Waals surface area contributed by atoms with E-state index in [9.17, 15) is 18.7 Å². The molecule has 0 saturated carbocycles. The van der Waals surface area contributed by atoms with Crippen molar-refractivity contribution in [1.29, 1.82) is 0 Å². The number of carbonyl (C=O) groups excluding carboxylic acids is 1. The number of hydrogen-bond donors (Lipinski definition) is 1. The monoisotopic (exact) mass is 372 g/mol. The summed E-state index contributed by atoms with van der Waals surface area (Å²) in [5.74, 6) is -5.59. The van der Waals surface area contributed by atoms with Gasteiger partial charge in [0, 0.05) is 12.0 Å². The van der Waals surface area contributed by atoms with E-state index in [2.05, 4.69) is 0 Å². The van der Waals surface area contributed by atoms with Crippen molar-refractivity contribution in [3.8, 4) is 0 Å². The summed E-state index contributed by atoms with van der Waals surface area (Å²) in [4.78, 5) is 12.5. The van der Waals surface area contributed by atoms with Gasteiger partial charge in [0.1, 0.15) is 23.5 Å². The lowest BCUT2D eigenvalue weighted by Crippen LogP contribution is -2.32. The van der Waals surface area contributed by atoms with Gasteiger partial charge in [0.15, 0.2) is 5.76 Å². The minimum Gasteiger partial charge on any atom is -0.461 e. The minimum absolute atomic E-state index is 0.00683. The average Bonchev–Trinajstić information content (AvgIpc) is 3.23. The number of cyclic esters (lactones) is 1. The first-order valence-electron chi connectivity index (χ1n) is 8.13. The van der Waals surface area contributed by atoms with Gasteiger partial charge in [0.05, 0.1) is 5.56 Å². The quantitative estimate of drug-likeness (QED) is 0.836. The number of halogens is 2. The molecule has 1 unspecified atom stereocenters. The smallest absolute Gasteiger partial charge is 0.345 e. The highest BCUT2D eigenvalue weighted by Gasteiger charge is 2.52. The van der Waals surface area contributed by atoms with Crippen LogP contribution < -0.4 is 0 Å². The molecular weight excluding hydrogens is 358 g/mol. The number of rotatable bonds is 4. The molecule has 7 heteroatoms. The number of benzene rings is 2. The largest absolute Gasteiger partial charge is 0.461 e. The van der Waals surface area contributed by atoms with Crippen LogP contribution in [0.25, 0.3) is 0 Å². The molecule has 5 nitrogen and oxygen atoms in total. The van der Waals surface area contributed by atoms with Crippen LogP contribution in [-0.4, -0.2) is 17.9 Å². The van der Waals surface area contributed by atoms with Crippen molar-refractivity contribution < 1.29 is 32.9 Å². The Morgan fingerprint density at radius 3 is 2.37 bits per heavy atom. The lowest BCUT2D eigenvalue weighted by atomic mass is 9.89. The second kappa shape index (κ2) is 6.51. The van der Waals surface area contributed by atoms with E-state index >= 15 is 0 Å². The first-order valence-corrected chi connectivity index (χ1v) is 8.13. The zero-order valence-corrected chi connectivity index (χ0v) is 13.9. The van der Waals surface area contributed by atoms with Crippen molar-refractivity contribution >= 4 is 5.97 Å². The number of esters is 1. The Kier molecular flexibility index (Phi) is 4.16. The normalized spacial score (nSPS) is 21.6. The number of aliphatic hydroxyl groups is 1. The van der Waals surface area contributed by atoms with Crippen LogP contribution in [0.15, 0.2) is 71.7 Å². The van der Waals surface area contributed by atoms with E-state index in [-0.39, 0.29) is 30.1 Å². The average molecular weight is 372 g/mol. The first kappa shape index (κ1) is 17.2. The van der Waals surface area contributed by atoms with Crippen molar-refractivity contribution in [3.05, 3.63) is 94.5 Å². The summed E-state index contributed by atoms with van der Waals surface area (Å²) in [5, 5.41) is 11.1. The lowest BCUT2D eigenvalue weighted by molar-refractivity contribution is -0.187. The molecule has 0 bridgehead atoms. The summed E-state index contributed by atoms with van der Waals surface area (Å²) in [6.07, 6.45) is 1.21. The molecule has 2 aliphatic heterocycles. The second-order valence-electron chi connectivity index (χ2n) is 6.06. The topological polar surface area (TPSA) is 65.0 Å². The van der Waals surface area contributed by atoms with Gasteiger partial charge in [-0.1, -0.05) is 36.4 Å². The van der Waals surface area contributed by atoms with Gasteiger partial charge in [-0.3, -0.25) is 0 Å². The van der Waals surface area contributed by atoms with Crippen molar-refractivity contribution in [3.63, 3.8) is 0 Å². The van der Waals surface area contributed by atoms with Crippen molar-refractivity contribution in [2.45, 2.75) is 12.2 Å². The third-order valence-electron chi connectivity index (χ3n) is 4.40. The molecule has 2 aromatic rings. The van der Waals surface area contributed by atoms with Crippen molar-refractivity contribution in [2.24, 2.45) is 0 Å². The molecule has 0 aliphatic carbocycles. The standard InChI is InChI=1S/C20H14F2O5/c21-14-7-4-8-15(22)18(14)20(24)13(9-12-5-2-1-3-6-12)17(19(23)27-20)16-10-25-11-26-16/h1-8,10,24H,9,11H2. The summed E-state index contributed by atoms with van der Waals surface area (Å²) < 4.78 is 44.1. The molecule has 27 heavy (non-hydrogen) atoms. The van der Waals surface area contributed by atoms with Gasteiger partial charge >= 0.3 is 5.97 Å². The third kappa shape index (κ3) is 2.86. The van der Waals surface area contributed by atoms with E-state index in [0.717, 1.165) is 18.2 Å². The molecule has 0 spiro atoms. The maximum Gasteiger partial charge on any atom is 0.345 e. The van der Waals surface area contributed by atoms with Gasteiger partial charge in [0.2, 0.25) is 6.79 Å². The van der Waals surface area contributed by atoms with Crippen LogP contribution >= 0.6 is 0 Å². The van der Waals surface area contributed by atoms with Gasteiger partial charge in [-0.25, -0.2) is 13.6 Å². The first-order chi connectivity index (χ1) is 13.0. The molecule has 1 atom stereocenters. The molecule has 0 aromatic heterocycles. The van der Waals surface area contributed by atoms with E-state index < -0.39 is 29.0 Å². The zero-order valence-electron chi connectivity index (χ0n) is 13.9. The Morgan fingerprint density at radius 1 is 1.04 bits per heavy atom. The van der Waals surface area contributed by atoms with E-state index in [0.29, 0.717) is 5.56 Å². The highest BCUT2D eigenvalue weighted by atomic mass is 19.1. The molecule has 2 aromatic carbocycles. The molecule has 2 heterocycles. The Hall–Kier alpha value is -3.19. The Balaban J connectivity index is 1.92. The van der Waals surface area contributed by atoms with Crippen LogP contribution in [0.3, 0.4) is 0 Å². The van der Waals surface area contributed by atoms with E-state index in [1.165, 1.54) is 6.26 Å². The van der Waals surface area contributed by atoms with E-state index in [1.54, 1.807) is 30.3 Å². The van der Waals surface area contributed by atoms with Crippen LogP contribution in [-0.2, 0) is 31.2 Å². The molecule has 0 saturated heterocycles. The fraction of sp³-hybridized carbons (Fsp3) is 0.150. The maximum absolute atomic E-state index is 14.4. The predicted octanol–water partition coefficient (Wildman–Crippen LogP) is 3.05. The summed E-state index contributed by atoms with van der Waals surface area (Å²) in [6.45, 7) is -0.114. The van der Waals surface area contributed by atoms with Crippen molar-refractivity contribution in [2.75, 3.05) is 6.79 Å². The number of hydrogen-bond acceptors (Lipinski definition) is 5. The zero-order chi connectivity index (χ0) is 19.0. The molecule has 2 aliphatic rings. The number of carbonyl (C=O) groups is 1. The Morgan fingerprint density at radius 2 is 1.74 bits per heavy atom. The van der Waals surface area contributed by atoms with Crippen LogP contribution in [0.5, 0.6) is 0 Å². The maximum atomic E-state index is 14.4. The second-order valence-corrected chi connectivity index (χ2v) is 6.06. The SMILES string of the molecule is O=C1OC(O)(c2c(F)cccc2F)C(Cc2ccccc2)=C1C1=COCO1. The predicted molar refractivity (Wildman–Crippen MR) is 88.6 cm³/mol. The molecule has 4 rings (SSSR count). The van der Waals surface area contributed by atoms with Crippen LogP contribution in [0.1, 0.15) is 11.1 Å². The van der Waals surface area contributed by atoms with Crippen molar-refractivity contribution in [1.82, 2.24) is 0 Å². The van der Waals surface area contributed by atoms with Crippen LogP contribution in [0.2, 0.25) is 0 Å². The van der Waals surface area contributed by atoms with Crippen LogP contribution in [0.4, 0.5) is 8.78 Å². The van der Waals surface area contributed by atoms with Gasteiger partial charge in [-0.2, -0.15) is 0 Å². The van der Waals surface area contributed by atoms with Gasteiger partial charge in [0.25, 0.3) is 5.79 Å². The molecule has 0 radical (unpaired) electrons. The summed E-state index contributed by atoms with van der Waals surface area (Å²) in [7, 11) is 0. The molecule has 1 N–H and O–H groups in total. The molecule has 0 fully saturated rings. The highest BCUT2D eigenvalue weighted by Crippen LogP contribution is 2.45. The molecule has 138 valence electrons. The third-order valence-corrected chi connectivity index (χ3v) is 4.40. The minimum atomic E-state index is -2.61. The summed E-state index contributed by atoms with van der Waals surface area (Å²) in [6, 6.07) is 12.0. The Labute approximate surface area is 153 Å². The highest BCUT2D eigenvalue weighted by molar-refractivity contribution is 5.97. The number of ether oxygens (including phenoxy) is 3. The van der Waals surface area contributed by atoms with Gasteiger partial charge < -0.3 is 19.3 Å². The fourth-order valence-electron chi connectivity index (χ4n) is 3.19. The van der Waals surface area contributed by atoms with E-state index in [4.69, 9.17) is 14.2 Å². The lowest BCUT2D eigenvalue weighted by Gasteiger charge is -2.26. The Bertz CT molecular complexity index is 947. The van der Waals surface area contributed by atoms with Gasteiger partial charge in [-0.15, -0.1) is 0 Å². The fourth-order valence-corrected chi connectivity index (χ4v) is 3.19. The van der Waals surface area contributed by atoms with Gasteiger partial charge in [-0.05, 0) is 17.7 Å².